The van der Waals surface area contributed by atoms with Gasteiger partial charge in [0.05, 0.1) is 19.5 Å². The molecule has 0 atom stereocenters. The van der Waals surface area contributed by atoms with E-state index in [1.54, 1.807) is 23.6 Å². The molecule has 0 bridgehead atoms. The molecule has 0 aromatic carbocycles. The summed E-state index contributed by atoms with van der Waals surface area (Å²) in [5.41, 5.74) is 0.664. The molecule has 1 heterocycles. The van der Waals surface area contributed by atoms with Crippen LogP contribution >= 0.6 is 0 Å². The van der Waals surface area contributed by atoms with Crippen molar-refractivity contribution in [2.75, 3.05) is 19.8 Å². The van der Waals surface area contributed by atoms with Crippen LogP contribution in [0.3, 0.4) is 0 Å². The standard InChI is InChI=1S/C12H20N4O2/c1-9(13)6-11(17)15-4-3-5-16(8-15)12(18)7-10(2)14/h13-14H,3-8H2,1-2H3. The van der Waals surface area contributed by atoms with Crippen molar-refractivity contribution in [1.82, 2.24) is 9.80 Å². The van der Waals surface area contributed by atoms with Gasteiger partial charge in [0, 0.05) is 24.5 Å². The maximum atomic E-state index is 11.8. The lowest BCUT2D eigenvalue weighted by Gasteiger charge is -2.35. The van der Waals surface area contributed by atoms with Gasteiger partial charge in [-0.25, -0.2) is 0 Å². The van der Waals surface area contributed by atoms with Crippen LogP contribution in [0.15, 0.2) is 0 Å². The first-order chi connectivity index (χ1) is 8.40. The minimum absolute atomic E-state index is 0.105. The predicted molar refractivity (Wildman–Crippen MR) is 68.9 cm³/mol. The van der Waals surface area contributed by atoms with Crippen molar-refractivity contribution in [2.45, 2.75) is 33.1 Å². The summed E-state index contributed by atoms with van der Waals surface area (Å²) < 4.78 is 0. The zero-order valence-electron chi connectivity index (χ0n) is 11.0. The molecule has 0 unspecified atom stereocenters. The first-order valence-corrected chi connectivity index (χ1v) is 6.03. The lowest BCUT2D eigenvalue weighted by Crippen LogP contribution is -2.50. The van der Waals surface area contributed by atoms with Crippen LogP contribution in [0, 0.1) is 10.8 Å². The van der Waals surface area contributed by atoms with E-state index in [1.165, 1.54) is 0 Å². The molecule has 0 spiro atoms. The van der Waals surface area contributed by atoms with Crippen molar-refractivity contribution >= 4 is 23.2 Å². The number of carbonyl (C=O) groups excluding carboxylic acids is 2. The summed E-state index contributed by atoms with van der Waals surface area (Å²) in [7, 11) is 0. The van der Waals surface area contributed by atoms with E-state index in [1.807, 2.05) is 0 Å². The van der Waals surface area contributed by atoms with Crippen molar-refractivity contribution < 1.29 is 9.59 Å². The minimum atomic E-state index is -0.105. The van der Waals surface area contributed by atoms with Gasteiger partial charge in [0.2, 0.25) is 11.8 Å². The Morgan fingerprint density at radius 3 is 1.67 bits per heavy atom. The lowest BCUT2D eigenvalue weighted by atomic mass is 10.2. The molecule has 1 aliphatic rings. The monoisotopic (exact) mass is 252 g/mol. The van der Waals surface area contributed by atoms with Crippen LogP contribution in [0.4, 0.5) is 0 Å². The second-order valence-corrected chi connectivity index (χ2v) is 4.72. The third kappa shape index (κ3) is 4.27. The fourth-order valence-electron chi connectivity index (χ4n) is 1.88. The highest BCUT2D eigenvalue weighted by molar-refractivity contribution is 5.99. The molecule has 1 rings (SSSR count). The Labute approximate surface area is 107 Å². The summed E-state index contributed by atoms with van der Waals surface area (Å²) in [6, 6.07) is 0. The molecule has 0 aromatic heterocycles. The molecule has 18 heavy (non-hydrogen) atoms. The van der Waals surface area contributed by atoms with Gasteiger partial charge < -0.3 is 20.6 Å². The zero-order valence-corrected chi connectivity index (χ0v) is 11.0. The van der Waals surface area contributed by atoms with E-state index in [0.29, 0.717) is 24.5 Å². The summed E-state index contributed by atoms with van der Waals surface area (Å²) in [5, 5.41) is 14.6. The third-order valence-electron chi connectivity index (χ3n) is 2.74. The van der Waals surface area contributed by atoms with E-state index < -0.39 is 0 Å². The van der Waals surface area contributed by atoms with Crippen molar-refractivity contribution in [3.8, 4) is 0 Å². The fourth-order valence-corrected chi connectivity index (χ4v) is 1.88. The van der Waals surface area contributed by atoms with E-state index in [2.05, 4.69) is 0 Å². The van der Waals surface area contributed by atoms with Gasteiger partial charge in [0.15, 0.2) is 0 Å². The summed E-state index contributed by atoms with van der Waals surface area (Å²) in [4.78, 5) is 26.8. The molecule has 0 saturated carbocycles. The van der Waals surface area contributed by atoms with Gasteiger partial charge >= 0.3 is 0 Å². The SMILES string of the molecule is CC(=N)CC(=O)N1CCCN(C(=O)CC(C)=N)C1. The average molecular weight is 252 g/mol. The molecule has 6 nitrogen and oxygen atoms in total. The van der Waals surface area contributed by atoms with Gasteiger partial charge in [0.1, 0.15) is 0 Å². The van der Waals surface area contributed by atoms with Gasteiger partial charge in [-0.05, 0) is 20.3 Å². The molecule has 0 aromatic rings. The van der Waals surface area contributed by atoms with Gasteiger partial charge in [-0.2, -0.15) is 0 Å². The van der Waals surface area contributed by atoms with Crippen LogP contribution in [0.1, 0.15) is 33.1 Å². The van der Waals surface area contributed by atoms with Crippen LogP contribution in [-0.4, -0.2) is 52.8 Å². The first-order valence-electron chi connectivity index (χ1n) is 6.03. The smallest absolute Gasteiger partial charge is 0.229 e. The summed E-state index contributed by atoms with van der Waals surface area (Å²) in [6.07, 6.45) is 0.989. The molecular weight excluding hydrogens is 232 g/mol. The molecule has 2 amide bonds. The molecule has 2 N–H and O–H groups in total. The van der Waals surface area contributed by atoms with Crippen LogP contribution < -0.4 is 0 Å². The van der Waals surface area contributed by atoms with E-state index in [0.717, 1.165) is 6.42 Å². The third-order valence-corrected chi connectivity index (χ3v) is 2.74. The van der Waals surface area contributed by atoms with Gasteiger partial charge in [0.25, 0.3) is 0 Å². The zero-order chi connectivity index (χ0) is 13.7. The van der Waals surface area contributed by atoms with Crippen LogP contribution in [0.5, 0.6) is 0 Å². The van der Waals surface area contributed by atoms with Gasteiger partial charge in [-0.15, -0.1) is 0 Å². The van der Waals surface area contributed by atoms with Crippen LogP contribution in [0.2, 0.25) is 0 Å². The minimum Gasteiger partial charge on any atom is -0.324 e. The molecular formula is C12H20N4O2. The molecule has 6 heteroatoms. The topological polar surface area (TPSA) is 88.3 Å². The van der Waals surface area contributed by atoms with Gasteiger partial charge in [-0.1, -0.05) is 0 Å². The maximum Gasteiger partial charge on any atom is 0.229 e. The summed E-state index contributed by atoms with van der Waals surface area (Å²) >= 11 is 0. The normalized spacial score (nSPS) is 15.4. The maximum absolute atomic E-state index is 11.8. The van der Waals surface area contributed by atoms with Crippen molar-refractivity contribution in [2.24, 2.45) is 0 Å². The number of hydrogen-bond acceptors (Lipinski definition) is 4. The Morgan fingerprint density at radius 2 is 1.33 bits per heavy atom. The summed E-state index contributed by atoms with van der Waals surface area (Å²) in [6.45, 7) is 4.77. The average Bonchev–Trinajstić information content (AvgIpc) is 2.27. The number of carbonyl (C=O) groups is 2. The van der Waals surface area contributed by atoms with Crippen LogP contribution in [-0.2, 0) is 9.59 Å². The number of amides is 2. The Bertz CT molecular complexity index is 344. The number of nitrogens with zero attached hydrogens (tertiary/aromatic N) is 2. The Kier molecular flexibility index (Phi) is 5.00. The Morgan fingerprint density at radius 1 is 0.944 bits per heavy atom. The van der Waals surface area contributed by atoms with E-state index in [9.17, 15) is 9.59 Å². The highest BCUT2D eigenvalue weighted by atomic mass is 16.2. The molecule has 100 valence electrons. The van der Waals surface area contributed by atoms with Crippen molar-refractivity contribution in [3.05, 3.63) is 0 Å². The lowest BCUT2D eigenvalue weighted by molar-refractivity contribution is -0.141. The quantitative estimate of drug-likeness (QED) is 0.727. The van der Waals surface area contributed by atoms with Crippen LogP contribution in [0.25, 0.3) is 0 Å². The molecule has 1 aliphatic heterocycles. The highest BCUT2D eigenvalue weighted by Crippen LogP contribution is 2.09. The second-order valence-electron chi connectivity index (χ2n) is 4.72. The van der Waals surface area contributed by atoms with E-state index >= 15 is 0 Å². The molecule has 1 fully saturated rings. The largest absolute Gasteiger partial charge is 0.324 e. The van der Waals surface area contributed by atoms with E-state index in [-0.39, 0.29) is 31.3 Å². The molecule has 0 radical (unpaired) electrons. The number of nitrogens with one attached hydrogen (secondary N) is 2. The van der Waals surface area contributed by atoms with Crippen molar-refractivity contribution in [3.63, 3.8) is 0 Å². The van der Waals surface area contributed by atoms with Gasteiger partial charge in [-0.3, -0.25) is 9.59 Å². The Balaban J connectivity index is 2.55. The predicted octanol–water partition coefficient (Wildman–Crippen LogP) is 0.864. The number of rotatable bonds is 4. The molecule has 1 saturated heterocycles. The molecule has 0 aliphatic carbocycles. The Hall–Kier alpha value is -1.72. The number of hydrogen-bond donors (Lipinski definition) is 2. The summed E-state index contributed by atoms with van der Waals surface area (Å²) in [5.74, 6) is -0.210. The van der Waals surface area contributed by atoms with Crippen molar-refractivity contribution in [1.29, 1.82) is 10.8 Å². The van der Waals surface area contributed by atoms with E-state index in [4.69, 9.17) is 10.8 Å². The highest BCUT2D eigenvalue weighted by Gasteiger charge is 2.24. The second kappa shape index (κ2) is 6.28. The fraction of sp³-hybridized carbons (Fsp3) is 0.667. The first kappa shape index (κ1) is 14.3.